The molecule has 2 amide bonds. The van der Waals surface area contributed by atoms with Gasteiger partial charge < -0.3 is 15.1 Å². The van der Waals surface area contributed by atoms with E-state index < -0.39 is 0 Å². The van der Waals surface area contributed by atoms with Crippen LogP contribution in [0.15, 0.2) is 0 Å². The van der Waals surface area contributed by atoms with Gasteiger partial charge in [0, 0.05) is 32.1 Å². The first kappa shape index (κ1) is 15.8. The highest BCUT2D eigenvalue weighted by molar-refractivity contribution is 5.83. The van der Waals surface area contributed by atoms with E-state index in [1.807, 2.05) is 4.90 Å². The van der Waals surface area contributed by atoms with Crippen molar-refractivity contribution in [2.45, 2.75) is 51.5 Å². The summed E-state index contributed by atoms with van der Waals surface area (Å²) in [6.45, 7) is 6.56. The highest BCUT2D eigenvalue weighted by atomic mass is 16.2. The molecule has 3 saturated heterocycles. The van der Waals surface area contributed by atoms with Crippen LogP contribution in [0.1, 0.15) is 45.4 Å². The zero-order valence-corrected chi connectivity index (χ0v) is 13.7. The number of carbonyl (C=O) groups excluding carboxylic acids is 2. The second kappa shape index (κ2) is 6.99. The first-order valence-electron chi connectivity index (χ1n) is 8.96. The van der Waals surface area contributed by atoms with Gasteiger partial charge in [0.25, 0.3) is 0 Å². The Morgan fingerprint density at radius 3 is 2.05 bits per heavy atom. The number of amides is 2. The monoisotopic (exact) mass is 307 g/mol. The number of piperidine rings is 2. The molecular formula is C17H29N3O2. The second-order valence-electron chi connectivity index (χ2n) is 7.26. The van der Waals surface area contributed by atoms with Crippen molar-refractivity contribution in [2.75, 3.05) is 32.7 Å². The quantitative estimate of drug-likeness (QED) is 0.835. The Hall–Kier alpha value is -1.10. The van der Waals surface area contributed by atoms with Crippen molar-refractivity contribution in [3.05, 3.63) is 0 Å². The molecule has 0 radical (unpaired) electrons. The van der Waals surface area contributed by atoms with Crippen LogP contribution in [-0.4, -0.2) is 60.4 Å². The predicted molar refractivity (Wildman–Crippen MR) is 85.3 cm³/mol. The molecule has 1 unspecified atom stereocenters. The van der Waals surface area contributed by atoms with E-state index in [1.165, 1.54) is 0 Å². The molecule has 3 heterocycles. The summed E-state index contributed by atoms with van der Waals surface area (Å²) in [5, 5.41) is 3.28. The van der Waals surface area contributed by atoms with Crippen molar-refractivity contribution in [3.63, 3.8) is 0 Å². The van der Waals surface area contributed by atoms with Crippen molar-refractivity contribution in [1.29, 1.82) is 0 Å². The molecule has 3 aliphatic rings. The molecule has 3 aliphatic heterocycles. The molecule has 0 aromatic rings. The van der Waals surface area contributed by atoms with Crippen LogP contribution in [0.2, 0.25) is 0 Å². The number of hydrogen-bond donors (Lipinski definition) is 1. The smallest absolute Gasteiger partial charge is 0.239 e. The summed E-state index contributed by atoms with van der Waals surface area (Å²) >= 11 is 0. The van der Waals surface area contributed by atoms with Gasteiger partial charge in [0.05, 0.1) is 6.04 Å². The Morgan fingerprint density at radius 2 is 1.45 bits per heavy atom. The SMILES string of the molecule is CC1CCN(C(=O)C2CCN(C(=O)C3CCCN3)CC2)CC1. The van der Waals surface area contributed by atoms with E-state index >= 15 is 0 Å². The maximum Gasteiger partial charge on any atom is 0.239 e. The van der Waals surface area contributed by atoms with Crippen molar-refractivity contribution >= 4 is 11.8 Å². The van der Waals surface area contributed by atoms with Crippen molar-refractivity contribution in [2.24, 2.45) is 11.8 Å². The third-order valence-electron chi connectivity index (χ3n) is 5.61. The summed E-state index contributed by atoms with van der Waals surface area (Å²) in [6, 6.07) is 0.0239. The van der Waals surface area contributed by atoms with Gasteiger partial charge in [-0.05, 0) is 51.0 Å². The van der Waals surface area contributed by atoms with Gasteiger partial charge in [-0.3, -0.25) is 9.59 Å². The van der Waals surface area contributed by atoms with Crippen molar-refractivity contribution in [1.82, 2.24) is 15.1 Å². The molecule has 0 aromatic carbocycles. The lowest BCUT2D eigenvalue weighted by Crippen LogP contribution is -2.49. The van der Waals surface area contributed by atoms with E-state index in [-0.39, 0.29) is 17.9 Å². The van der Waals surface area contributed by atoms with Crippen LogP contribution in [0.25, 0.3) is 0 Å². The van der Waals surface area contributed by atoms with Crippen molar-refractivity contribution < 1.29 is 9.59 Å². The number of rotatable bonds is 2. The number of hydrogen-bond acceptors (Lipinski definition) is 3. The van der Waals surface area contributed by atoms with E-state index in [0.717, 1.165) is 77.2 Å². The number of carbonyl (C=O) groups is 2. The van der Waals surface area contributed by atoms with Gasteiger partial charge in [0.1, 0.15) is 0 Å². The first-order valence-corrected chi connectivity index (χ1v) is 8.96. The molecule has 0 aliphatic carbocycles. The highest BCUT2D eigenvalue weighted by Crippen LogP contribution is 2.24. The summed E-state index contributed by atoms with van der Waals surface area (Å²) in [5.41, 5.74) is 0. The van der Waals surface area contributed by atoms with Gasteiger partial charge in [0.15, 0.2) is 0 Å². The molecule has 0 bridgehead atoms. The van der Waals surface area contributed by atoms with Crippen LogP contribution in [0.5, 0.6) is 0 Å². The minimum absolute atomic E-state index is 0.0239. The summed E-state index contributed by atoms with van der Waals surface area (Å²) in [4.78, 5) is 29.0. The van der Waals surface area contributed by atoms with Crippen LogP contribution in [-0.2, 0) is 9.59 Å². The maximum absolute atomic E-state index is 12.6. The zero-order valence-electron chi connectivity index (χ0n) is 13.7. The average Bonchev–Trinajstić information content (AvgIpc) is 3.09. The molecular weight excluding hydrogens is 278 g/mol. The summed E-state index contributed by atoms with van der Waals surface area (Å²) < 4.78 is 0. The van der Waals surface area contributed by atoms with Crippen LogP contribution in [0.4, 0.5) is 0 Å². The fourth-order valence-electron chi connectivity index (χ4n) is 3.95. The minimum atomic E-state index is 0.0239. The standard InChI is InChI=1S/C17H29N3O2/c1-13-4-9-19(10-5-13)16(21)14-6-11-20(12-7-14)17(22)15-3-2-8-18-15/h13-15,18H,2-12H2,1H3. The number of likely N-dealkylation sites (tertiary alicyclic amines) is 2. The van der Waals surface area contributed by atoms with Crippen LogP contribution < -0.4 is 5.32 Å². The lowest BCUT2D eigenvalue weighted by molar-refractivity contribution is -0.142. The Bertz CT molecular complexity index is 404. The molecule has 1 N–H and O–H groups in total. The van der Waals surface area contributed by atoms with Gasteiger partial charge in [0.2, 0.25) is 11.8 Å². The van der Waals surface area contributed by atoms with Crippen LogP contribution in [0.3, 0.4) is 0 Å². The fraction of sp³-hybridized carbons (Fsp3) is 0.882. The third-order valence-corrected chi connectivity index (χ3v) is 5.61. The number of nitrogens with one attached hydrogen (secondary N) is 1. The van der Waals surface area contributed by atoms with Crippen molar-refractivity contribution in [3.8, 4) is 0 Å². The summed E-state index contributed by atoms with van der Waals surface area (Å²) in [6.07, 6.45) is 6.00. The normalized spacial score (nSPS) is 28.1. The third kappa shape index (κ3) is 3.45. The molecule has 3 rings (SSSR count). The lowest BCUT2D eigenvalue weighted by atomic mass is 9.92. The lowest BCUT2D eigenvalue weighted by Gasteiger charge is -2.37. The van der Waals surface area contributed by atoms with Crippen LogP contribution >= 0.6 is 0 Å². The van der Waals surface area contributed by atoms with E-state index in [1.54, 1.807) is 0 Å². The molecule has 124 valence electrons. The Kier molecular flexibility index (Phi) is 5.01. The average molecular weight is 307 g/mol. The molecule has 5 nitrogen and oxygen atoms in total. The Labute approximate surface area is 133 Å². The van der Waals surface area contributed by atoms with Crippen LogP contribution in [0, 0.1) is 11.8 Å². The summed E-state index contributed by atoms with van der Waals surface area (Å²) in [7, 11) is 0. The highest BCUT2D eigenvalue weighted by Gasteiger charge is 2.33. The van der Waals surface area contributed by atoms with E-state index in [9.17, 15) is 9.59 Å². The van der Waals surface area contributed by atoms with E-state index in [0.29, 0.717) is 5.91 Å². The minimum Gasteiger partial charge on any atom is -0.342 e. The molecule has 5 heteroatoms. The predicted octanol–water partition coefficient (Wildman–Crippen LogP) is 1.24. The second-order valence-corrected chi connectivity index (χ2v) is 7.26. The molecule has 0 saturated carbocycles. The van der Waals surface area contributed by atoms with Gasteiger partial charge in [-0.15, -0.1) is 0 Å². The fourth-order valence-corrected chi connectivity index (χ4v) is 3.95. The Morgan fingerprint density at radius 1 is 0.864 bits per heavy atom. The molecule has 3 fully saturated rings. The van der Waals surface area contributed by atoms with E-state index in [2.05, 4.69) is 17.1 Å². The largest absolute Gasteiger partial charge is 0.342 e. The topological polar surface area (TPSA) is 52.7 Å². The zero-order chi connectivity index (χ0) is 15.5. The van der Waals surface area contributed by atoms with E-state index in [4.69, 9.17) is 0 Å². The molecule has 0 spiro atoms. The molecule has 22 heavy (non-hydrogen) atoms. The van der Waals surface area contributed by atoms with Gasteiger partial charge >= 0.3 is 0 Å². The van der Waals surface area contributed by atoms with Gasteiger partial charge in [-0.25, -0.2) is 0 Å². The summed E-state index contributed by atoms with van der Waals surface area (Å²) in [5.74, 6) is 1.46. The van der Waals surface area contributed by atoms with Gasteiger partial charge in [-0.2, -0.15) is 0 Å². The maximum atomic E-state index is 12.6. The molecule has 0 aromatic heterocycles. The Balaban J connectivity index is 1.46. The first-order chi connectivity index (χ1) is 10.6. The number of nitrogens with zero attached hydrogens (tertiary/aromatic N) is 2. The van der Waals surface area contributed by atoms with Gasteiger partial charge in [-0.1, -0.05) is 6.92 Å². The molecule has 1 atom stereocenters.